The summed E-state index contributed by atoms with van der Waals surface area (Å²) in [4.78, 5) is 28.7. The Morgan fingerprint density at radius 2 is 1.83 bits per heavy atom. The largest absolute Gasteiger partial charge is 0.494 e. The number of anilines is 2. The molecule has 2 amide bonds. The van der Waals surface area contributed by atoms with Crippen molar-refractivity contribution in [1.29, 1.82) is 0 Å². The molecule has 0 spiro atoms. The van der Waals surface area contributed by atoms with Crippen LogP contribution in [0.2, 0.25) is 0 Å². The summed E-state index contributed by atoms with van der Waals surface area (Å²) >= 11 is 0. The Labute approximate surface area is 178 Å². The van der Waals surface area contributed by atoms with E-state index in [0.717, 1.165) is 24.3 Å². The quantitative estimate of drug-likeness (QED) is 0.646. The lowest BCUT2D eigenvalue weighted by Crippen LogP contribution is -2.33. The Morgan fingerprint density at radius 3 is 2.47 bits per heavy atom. The number of hydrogen-bond acceptors (Lipinski definition) is 4. The molecule has 1 heterocycles. The zero-order valence-corrected chi connectivity index (χ0v) is 18.1. The second-order valence-corrected chi connectivity index (χ2v) is 7.79. The number of benzene rings is 2. The van der Waals surface area contributed by atoms with E-state index in [1.54, 1.807) is 4.90 Å². The van der Waals surface area contributed by atoms with Crippen molar-refractivity contribution in [3.63, 3.8) is 0 Å². The number of carbonyl (C=O) groups excluding carboxylic acids is 2. The van der Waals surface area contributed by atoms with Crippen LogP contribution in [0.4, 0.5) is 11.4 Å². The molecule has 2 aromatic carbocycles. The number of aryl methyl sites for hydroxylation is 1. The topological polar surface area (TPSA) is 61.9 Å². The van der Waals surface area contributed by atoms with E-state index < -0.39 is 0 Å². The van der Waals surface area contributed by atoms with E-state index in [9.17, 15) is 9.59 Å². The highest BCUT2D eigenvalue weighted by atomic mass is 16.5. The van der Waals surface area contributed by atoms with Crippen molar-refractivity contribution in [2.45, 2.75) is 26.2 Å². The Bertz CT molecular complexity index is 847. The normalized spacial score (nSPS) is 15.9. The predicted molar refractivity (Wildman–Crippen MR) is 120 cm³/mol. The molecule has 1 atom stereocenters. The summed E-state index contributed by atoms with van der Waals surface area (Å²) < 4.78 is 5.44. The minimum Gasteiger partial charge on any atom is -0.494 e. The van der Waals surface area contributed by atoms with Crippen LogP contribution in [0, 0.1) is 5.92 Å². The first-order valence-electron chi connectivity index (χ1n) is 10.5. The Balaban J connectivity index is 1.44. The molecule has 1 N–H and O–H groups in total. The molecular weight excluding hydrogens is 378 g/mol. The number of nitrogens with zero attached hydrogens (tertiary/aromatic N) is 2. The average Bonchev–Trinajstić information content (AvgIpc) is 3.14. The monoisotopic (exact) mass is 409 g/mol. The highest BCUT2D eigenvalue weighted by Crippen LogP contribution is 2.27. The van der Waals surface area contributed by atoms with Crippen molar-refractivity contribution in [3.8, 4) is 5.75 Å². The maximum atomic E-state index is 12.5. The van der Waals surface area contributed by atoms with Gasteiger partial charge in [0, 0.05) is 45.0 Å². The number of ether oxygens (including phenoxy) is 1. The molecule has 1 fully saturated rings. The number of amides is 2. The van der Waals surface area contributed by atoms with Crippen LogP contribution in [0.1, 0.15) is 25.3 Å². The van der Waals surface area contributed by atoms with Crippen LogP contribution in [0.5, 0.6) is 5.75 Å². The van der Waals surface area contributed by atoms with Crippen LogP contribution in [-0.4, -0.2) is 45.6 Å². The lowest BCUT2D eigenvalue weighted by atomic mass is 10.1. The van der Waals surface area contributed by atoms with Crippen molar-refractivity contribution in [2.75, 3.05) is 43.6 Å². The van der Waals surface area contributed by atoms with Gasteiger partial charge in [0.25, 0.3) is 0 Å². The Morgan fingerprint density at radius 1 is 1.13 bits per heavy atom. The summed E-state index contributed by atoms with van der Waals surface area (Å²) in [6, 6.07) is 15.9. The molecule has 30 heavy (non-hydrogen) atoms. The third-order valence-corrected chi connectivity index (χ3v) is 5.35. The van der Waals surface area contributed by atoms with E-state index in [1.807, 2.05) is 45.3 Å². The highest BCUT2D eigenvalue weighted by Gasteiger charge is 2.34. The van der Waals surface area contributed by atoms with Crippen molar-refractivity contribution >= 4 is 23.2 Å². The SMILES string of the molecule is CCOc1ccc(N2CC(C(=O)NCCCc3ccc(N(C)C)cc3)CC2=O)cc1. The third-order valence-electron chi connectivity index (χ3n) is 5.35. The second kappa shape index (κ2) is 10.1. The van der Waals surface area contributed by atoms with Gasteiger partial charge in [0.1, 0.15) is 5.75 Å². The summed E-state index contributed by atoms with van der Waals surface area (Å²) in [6.45, 7) is 3.57. The van der Waals surface area contributed by atoms with Crippen LogP contribution in [0.15, 0.2) is 48.5 Å². The fourth-order valence-corrected chi connectivity index (χ4v) is 3.63. The lowest BCUT2D eigenvalue weighted by molar-refractivity contribution is -0.126. The molecule has 0 bridgehead atoms. The molecule has 1 unspecified atom stereocenters. The second-order valence-electron chi connectivity index (χ2n) is 7.79. The van der Waals surface area contributed by atoms with Gasteiger partial charge in [-0.15, -0.1) is 0 Å². The summed E-state index contributed by atoms with van der Waals surface area (Å²) in [5, 5.41) is 3.00. The number of rotatable bonds is 9. The van der Waals surface area contributed by atoms with Crippen molar-refractivity contribution < 1.29 is 14.3 Å². The summed E-state index contributed by atoms with van der Waals surface area (Å²) in [7, 11) is 4.05. The lowest BCUT2D eigenvalue weighted by Gasteiger charge is -2.17. The Hall–Kier alpha value is -3.02. The molecule has 1 saturated heterocycles. The van der Waals surface area contributed by atoms with E-state index in [-0.39, 0.29) is 24.2 Å². The van der Waals surface area contributed by atoms with Crippen molar-refractivity contribution in [1.82, 2.24) is 5.32 Å². The zero-order chi connectivity index (χ0) is 21.5. The van der Waals surface area contributed by atoms with Gasteiger partial charge in [0.2, 0.25) is 11.8 Å². The minimum absolute atomic E-state index is 0.0136. The molecule has 160 valence electrons. The standard InChI is InChI=1S/C24H31N3O3/c1-4-30-22-13-11-21(12-14-22)27-17-19(16-23(27)28)24(29)25-15-5-6-18-7-9-20(10-8-18)26(2)3/h7-14,19H,4-6,15-17H2,1-3H3,(H,25,29). The van der Waals surface area contributed by atoms with Gasteiger partial charge >= 0.3 is 0 Å². The average molecular weight is 410 g/mol. The van der Waals surface area contributed by atoms with Crippen LogP contribution < -0.4 is 19.9 Å². The van der Waals surface area contributed by atoms with E-state index in [1.165, 1.54) is 11.3 Å². The zero-order valence-electron chi connectivity index (χ0n) is 18.1. The first-order valence-corrected chi connectivity index (χ1v) is 10.5. The molecule has 0 radical (unpaired) electrons. The number of carbonyl (C=O) groups is 2. The van der Waals surface area contributed by atoms with Crippen LogP contribution in [0.3, 0.4) is 0 Å². The summed E-state index contributed by atoms with van der Waals surface area (Å²) in [6.07, 6.45) is 2.04. The maximum absolute atomic E-state index is 12.5. The fourth-order valence-electron chi connectivity index (χ4n) is 3.63. The third kappa shape index (κ3) is 5.53. The van der Waals surface area contributed by atoms with Crippen LogP contribution in [0.25, 0.3) is 0 Å². The first-order chi connectivity index (χ1) is 14.5. The molecule has 0 aromatic heterocycles. The van der Waals surface area contributed by atoms with Gasteiger partial charge < -0.3 is 19.9 Å². The van der Waals surface area contributed by atoms with Crippen LogP contribution >= 0.6 is 0 Å². The first kappa shape index (κ1) is 21.7. The van der Waals surface area contributed by atoms with Crippen molar-refractivity contribution in [2.24, 2.45) is 5.92 Å². The van der Waals surface area contributed by atoms with Gasteiger partial charge in [-0.3, -0.25) is 9.59 Å². The highest BCUT2D eigenvalue weighted by molar-refractivity contribution is 6.00. The Kier molecular flexibility index (Phi) is 7.33. The van der Waals surface area contributed by atoms with E-state index in [4.69, 9.17) is 4.74 Å². The van der Waals surface area contributed by atoms with Gasteiger partial charge in [-0.2, -0.15) is 0 Å². The molecule has 6 heteroatoms. The summed E-state index contributed by atoms with van der Waals surface area (Å²) in [5.74, 6) is 0.419. The van der Waals surface area contributed by atoms with E-state index in [0.29, 0.717) is 19.7 Å². The molecule has 1 aliphatic rings. The van der Waals surface area contributed by atoms with Gasteiger partial charge in [-0.1, -0.05) is 12.1 Å². The molecule has 0 aliphatic carbocycles. The van der Waals surface area contributed by atoms with E-state index >= 15 is 0 Å². The number of nitrogens with one attached hydrogen (secondary N) is 1. The fraction of sp³-hybridized carbons (Fsp3) is 0.417. The molecule has 1 aliphatic heterocycles. The van der Waals surface area contributed by atoms with E-state index in [2.05, 4.69) is 34.5 Å². The molecule has 3 rings (SSSR count). The maximum Gasteiger partial charge on any atom is 0.227 e. The molecule has 2 aromatic rings. The van der Waals surface area contributed by atoms with Gasteiger partial charge in [0.15, 0.2) is 0 Å². The van der Waals surface area contributed by atoms with Crippen molar-refractivity contribution in [3.05, 3.63) is 54.1 Å². The van der Waals surface area contributed by atoms with Gasteiger partial charge in [0.05, 0.1) is 12.5 Å². The van der Waals surface area contributed by atoms with Crippen LogP contribution in [-0.2, 0) is 16.0 Å². The molecule has 6 nitrogen and oxygen atoms in total. The summed E-state index contributed by atoms with van der Waals surface area (Å²) in [5.41, 5.74) is 3.24. The van der Waals surface area contributed by atoms with Gasteiger partial charge in [-0.05, 0) is 61.7 Å². The minimum atomic E-state index is -0.302. The molecule has 0 saturated carbocycles. The van der Waals surface area contributed by atoms with Gasteiger partial charge in [-0.25, -0.2) is 0 Å². The predicted octanol–water partition coefficient (Wildman–Crippen LogP) is 3.25. The number of hydrogen-bond donors (Lipinski definition) is 1. The smallest absolute Gasteiger partial charge is 0.227 e. The molecular formula is C24H31N3O3.